The van der Waals surface area contributed by atoms with Gasteiger partial charge in [-0.2, -0.15) is 8.42 Å². The van der Waals surface area contributed by atoms with E-state index in [1.807, 2.05) is 0 Å². The summed E-state index contributed by atoms with van der Waals surface area (Å²) in [5.74, 6) is -0.898. The molecule has 0 N–H and O–H groups in total. The molecule has 2 heterocycles. The standard InChI is InChI=1S/C8H6BrClO6S2/c9-4-3-17-7(6(4)16-18(10,12)13)8(11)15-5-1-2-14-5/h3,5H,1-2H2. The van der Waals surface area contributed by atoms with Crippen molar-refractivity contribution >= 4 is 53.3 Å². The molecule has 1 atom stereocenters. The second kappa shape index (κ2) is 5.33. The molecule has 1 aromatic rings. The van der Waals surface area contributed by atoms with Gasteiger partial charge in [-0.25, -0.2) is 4.79 Å². The molecule has 1 unspecified atom stereocenters. The summed E-state index contributed by atoms with van der Waals surface area (Å²) in [6, 6.07) is 0. The maximum atomic E-state index is 11.7. The summed E-state index contributed by atoms with van der Waals surface area (Å²) < 4.78 is 36.4. The highest BCUT2D eigenvalue weighted by molar-refractivity contribution is 9.10. The summed E-state index contributed by atoms with van der Waals surface area (Å²) in [4.78, 5) is 11.7. The molecule has 1 saturated heterocycles. The number of thiophene rings is 1. The second-order valence-electron chi connectivity index (χ2n) is 3.21. The fourth-order valence-electron chi connectivity index (χ4n) is 1.12. The molecular weight excluding hydrogens is 372 g/mol. The highest BCUT2D eigenvalue weighted by atomic mass is 79.9. The maximum Gasteiger partial charge on any atom is 0.401 e. The van der Waals surface area contributed by atoms with E-state index in [1.54, 1.807) is 0 Å². The van der Waals surface area contributed by atoms with E-state index < -0.39 is 21.6 Å². The summed E-state index contributed by atoms with van der Waals surface area (Å²) in [7, 11) is 0.739. The monoisotopic (exact) mass is 376 g/mol. The van der Waals surface area contributed by atoms with Crippen molar-refractivity contribution in [3.63, 3.8) is 0 Å². The molecule has 100 valence electrons. The van der Waals surface area contributed by atoms with Gasteiger partial charge < -0.3 is 13.7 Å². The SMILES string of the molecule is O=C(OC1CCO1)c1scc(Br)c1OS(=O)(=O)Cl. The molecule has 0 aliphatic carbocycles. The minimum absolute atomic E-state index is 0.00148. The third kappa shape index (κ3) is 3.35. The third-order valence-corrected chi connectivity index (χ3v) is 4.36. The van der Waals surface area contributed by atoms with E-state index in [0.717, 1.165) is 11.3 Å². The first-order valence-electron chi connectivity index (χ1n) is 4.60. The number of hydrogen-bond donors (Lipinski definition) is 0. The van der Waals surface area contributed by atoms with Crippen molar-refractivity contribution in [1.29, 1.82) is 0 Å². The molecule has 0 radical (unpaired) electrons. The highest BCUT2D eigenvalue weighted by Crippen LogP contribution is 2.37. The predicted molar refractivity (Wildman–Crippen MR) is 67.2 cm³/mol. The van der Waals surface area contributed by atoms with Gasteiger partial charge in [-0.05, 0) is 15.9 Å². The minimum Gasteiger partial charge on any atom is -0.431 e. The van der Waals surface area contributed by atoms with Crippen LogP contribution < -0.4 is 4.18 Å². The molecule has 18 heavy (non-hydrogen) atoms. The Labute approximate surface area is 120 Å². The van der Waals surface area contributed by atoms with Crippen LogP contribution in [0.5, 0.6) is 5.75 Å². The Morgan fingerprint density at radius 1 is 1.61 bits per heavy atom. The Balaban J connectivity index is 2.19. The lowest BCUT2D eigenvalue weighted by Crippen LogP contribution is -2.31. The maximum absolute atomic E-state index is 11.7. The summed E-state index contributed by atoms with van der Waals surface area (Å²) in [5, 5.41) is 1.50. The molecule has 0 spiro atoms. The lowest BCUT2D eigenvalue weighted by Gasteiger charge is -2.25. The first kappa shape index (κ1) is 14.1. The zero-order valence-electron chi connectivity index (χ0n) is 8.59. The van der Waals surface area contributed by atoms with E-state index in [9.17, 15) is 13.2 Å². The van der Waals surface area contributed by atoms with Crippen LogP contribution in [0.1, 0.15) is 16.1 Å². The lowest BCUT2D eigenvalue weighted by atomic mass is 10.3. The third-order valence-electron chi connectivity index (χ3n) is 1.97. The van der Waals surface area contributed by atoms with Crippen LogP contribution in [0.2, 0.25) is 0 Å². The largest absolute Gasteiger partial charge is 0.431 e. The normalized spacial score (nSPS) is 19.1. The Hall–Kier alpha value is -0.350. The second-order valence-corrected chi connectivity index (χ2v) is 7.03. The highest BCUT2D eigenvalue weighted by Gasteiger charge is 2.28. The Bertz CT molecular complexity index is 564. The van der Waals surface area contributed by atoms with E-state index in [2.05, 4.69) is 20.1 Å². The molecule has 0 saturated carbocycles. The van der Waals surface area contributed by atoms with Gasteiger partial charge in [0.1, 0.15) is 0 Å². The van der Waals surface area contributed by atoms with Gasteiger partial charge in [-0.3, -0.25) is 0 Å². The number of hydrogen-bond acceptors (Lipinski definition) is 7. The summed E-state index contributed by atoms with van der Waals surface area (Å²) in [5.41, 5.74) is 0. The van der Waals surface area contributed by atoms with Crippen LogP contribution in [-0.4, -0.2) is 27.3 Å². The fourth-order valence-corrected chi connectivity index (χ4v) is 3.27. The van der Waals surface area contributed by atoms with Crippen LogP contribution in [0.3, 0.4) is 0 Å². The van der Waals surface area contributed by atoms with Gasteiger partial charge in [0.2, 0.25) is 6.29 Å². The first-order chi connectivity index (χ1) is 8.37. The Morgan fingerprint density at radius 3 is 2.78 bits per heavy atom. The number of carbonyl (C=O) groups is 1. The van der Waals surface area contributed by atoms with Crippen molar-refractivity contribution in [2.75, 3.05) is 6.61 Å². The molecule has 1 aliphatic heterocycles. The summed E-state index contributed by atoms with van der Waals surface area (Å²) in [6.45, 7) is 0.533. The van der Waals surface area contributed by atoms with Gasteiger partial charge in [-0.1, -0.05) is 0 Å². The van der Waals surface area contributed by atoms with Crippen LogP contribution in [-0.2, 0) is 18.8 Å². The van der Waals surface area contributed by atoms with E-state index in [-0.39, 0.29) is 10.6 Å². The van der Waals surface area contributed by atoms with Crippen molar-refractivity contribution in [3.05, 3.63) is 14.7 Å². The van der Waals surface area contributed by atoms with E-state index in [1.165, 1.54) is 5.38 Å². The number of esters is 1. The average Bonchev–Trinajstić information content (AvgIpc) is 2.52. The van der Waals surface area contributed by atoms with Gasteiger partial charge in [-0.15, -0.1) is 11.3 Å². The molecule has 0 aromatic carbocycles. The summed E-state index contributed by atoms with van der Waals surface area (Å²) >= 11 is 4.04. The zero-order chi connectivity index (χ0) is 13.3. The molecular formula is C8H6BrClO6S2. The van der Waals surface area contributed by atoms with Gasteiger partial charge >= 0.3 is 15.3 Å². The first-order valence-corrected chi connectivity index (χ1v) is 8.51. The van der Waals surface area contributed by atoms with Crippen LogP contribution in [0.4, 0.5) is 0 Å². The quantitative estimate of drug-likeness (QED) is 0.591. The van der Waals surface area contributed by atoms with Gasteiger partial charge in [0.25, 0.3) is 0 Å². The predicted octanol–water partition coefficient (Wildman–Crippen LogP) is 2.28. The number of ether oxygens (including phenoxy) is 2. The van der Waals surface area contributed by atoms with Crippen LogP contribution in [0.25, 0.3) is 0 Å². The van der Waals surface area contributed by atoms with Crippen LogP contribution >= 0.6 is 37.9 Å². The van der Waals surface area contributed by atoms with Gasteiger partial charge in [0.15, 0.2) is 10.6 Å². The van der Waals surface area contributed by atoms with E-state index in [4.69, 9.17) is 20.2 Å². The van der Waals surface area contributed by atoms with Gasteiger partial charge in [0.05, 0.1) is 21.8 Å². The Morgan fingerprint density at radius 2 is 2.28 bits per heavy atom. The van der Waals surface area contributed by atoms with Crippen molar-refractivity contribution in [3.8, 4) is 5.75 Å². The topological polar surface area (TPSA) is 78.9 Å². The molecule has 6 nitrogen and oxygen atoms in total. The van der Waals surface area contributed by atoms with Crippen molar-refractivity contribution in [1.82, 2.24) is 0 Å². The molecule has 0 amide bonds. The molecule has 1 aliphatic rings. The zero-order valence-corrected chi connectivity index (χ0v) is 12.6. The van der Waals surface area contributed by atoms with Crippen LogP contribution in [0.15, 0.2) is 9.85 Å². The smallest absolute Gasteiger partial charge is 0.401 e. The van der Waals surface area contributed by atoms with Crippen LogP contribution in [0, 0.1) is 0 Å². The fraction of sp³-hybridized carbons (Fsp3) is 0.375. The molecule has 1 fully saturated rings. The van der Waals surface area contributed by atoms with Crippen molar-refractivity contribution in [2.24, 2.45) is 0 Å². The number of carbonyl (C=O) groups excluding carboxylic acids is 1. The van der Waals surface area contributed by atoms with E-state index in [0.29, 0.717) is 17.5 Å². The summed E-state index contributed by atoms with van der Waals surface area (Å²) in [6.07, 6.45) is 0.0290. The lowest BCUT2D eigenvalue weighted by molar-refractivity contribution is -0.184. The molecule has 2 rings (SSSR count). The Kier molecular flexibility index (Phi) is 4.17. The molecule has 10 heteroatoms. The van der Waals surface area contributed by atoms with Crippen molar-refractivity contribution in [2.45, 2.75) is 12.7 Å². The minimum atomic E-state index is -4.24. The molecule has 1 aromatic heterocycles. The van der Waals surface area contributed by atoms with Crippen molar-refractivity contribution < 1.29 is 26.9 Å². The average molecular weight is 378 g/mol. The molecule has 0 bridgehead atoms. The number of rotatable bonds is 4. The number of halogens is 2. The van der Waals surface area contributed by atoms with Gasteiger partial charge in [0, 0.05) is 11.8 Å². The van der Waals surface area contributed by atoms with E-state index >= 15 is 0 Å².